The molecule has 3 aliphatic rings. The number of carbonyl (C=O) groups is 3. The van der Waals surface area contributed by atoms with Gasteiger partial charge in [-0.25, -0.2) is 0 Å². The molecule has 3 fully saturated rings. The summed E-state index contributed by atoms with van der Waals surface area (Å²) >= 11 is 1.45. The third kappa shape index (κ3) is 5.12. The van der Waals surface area contributed by atoms with Gasteiger partial charge in [0.1, 0.15) is 6.04 Å². The summed E-state index contributed by atoms with van der Waals surface area (Å²) in [7, 11) is 0. The van der Waals surface area contributed by atoms with Crippen LogP contribution in [0.4, 0.5) is 0 Å². The highest BCUT2D eigenvalue weighted by Gasteiger charge is 2.47. The van der Waals surface area contributed by atoms with Crippen LogP contribution in [0.3, 0.4) is 0 Å². The number of carbonyl (C=O) groups excluding carboxylic acids is 3. The summed E-state index contributed by atoms with van der Waals surface area (Å²) in [6, 6.07) is 3.17. The summed E-state index contributed by atoms with van der Waals surface area (Å²) in [4.78, 5) is 46.3. The average Bonchev–Trinajstić information content (AvgIpc) is 3.38. The van der Waals surface area contributed by atoms with Crippen molar-refractivity contribution in [2.24, 2.45) is 11.8 Å². The topological polar surface area (TPSA) is 73.0 Å². The molecule has 0 aromatic carbocycles. The number of nitrogens with one attached hydrogen (secondary N) is 1. The van der Waals surface area contributed by atoms with E-state index in [9.17, 15) is 14.4 Å². The smallest absolute Gasteiger partial charge is 0.264 e. The number of nitrogens with zero attached hydrogens (tertiary/aromatic N) is 3. The summed E-state index contributed by atoms with van der Waals surface area (Å²) in [6.45, 7) is 8.39. The van der Waals surface area contributed by atoms with Gasteiger partial charge in [-0.3, -0.25) is 14.4 Å². The van der Waals surface area contributed by atoms with E-state index in [1.54, 1.807) is 4.90 Å². The Labute approximate surface area is 188 Å². The first-order valence-corrected chi connectivity index (χ1v) is 12.5. The van der Waals surface area contributed by atoms with Gasteiger partial charge in [-0.2, -0.15) is 0 Å². The van der Waals surface area contributed by atoms with Gasteiger partial charge in [0.2, 0.25) is 11.8 Å². The molecule has 3 heterocycles. The largest absolute Gasteiger partial charge is 0.340 e. The Balaban J connectivity index is 1.56. The zero-order valence-corrected chi connectivity index (χ0v) is 19.4. The summed E-state index contributed by atoms with van der Waals surface area (Å²) in [5.74, 6) is 0.532. The number of likely N-dealkylation sites (tertiary alicyclic amines) is 1. The third-order valence-electron chi connectivity index (χ3n) is 6.42. The van der Waals surface area contributed by atoms with Gasteiger partial charge in [-0.15, -0.1) is 11.3 Å². The van der Waals surface area contributed by atoms with E-state index in [2.05, 4.69) is 19.2 Å². The lowest BCUT2D eigenvalue weighted by atomic mass is 10.1. The molecule has 8 heteroatoms. The SMILES string of the molecule is CC(C)CN(C(=O)c1cccs1)C1CC(C(=O)N2CCCNCC2)N(C(=O)C2CC2)C1. The molecule has 2 atom stereocenters. The maximum absolute atomic E-state index is 13.5. The number of hydrogen-bond acceptors (Lipinski definition) is 5. The predicted octanol–water partition coefficient (Wildman–Crippen LogP) is 2.05. The minimum Gasteiger partial charge on any atom is -0.340 e. The maximum atomic E-state index is 13.5. The quantitative estimate of drug-likeness (QED) is 0.726. The highest BCUT2D eigenvalue weighted by molar-refractivity contribution is 7.12. The van der Waals surface area contributed by atoms with E-state index in [1.807, 2.05) is 27.3 Å². The molecule has 3 amide bonds. The fraction of sp³-hybridized carbons (Fsp3) is 0.696. The van der Waals surface area contributed by atoms with Crippen LogP contribution in [0.25, 0.3) is 0 Å². The lowest BCUT2D eigenvalue weighted by Crippen LogP contribution is -2.49. The van der Waals surface area contributed by atoms with Crippen LogP contribution in [0.15, 0.2) is 17.5 Å². The number of amides is 3. The summed E-state index contributed by atoms with van der Waals surface area (Å²) < 4.78 is 0. The van der Waals surface area contributed by atoms with Crippen molar-refractivity contribution in [3.8, 4) is 0 Å². The molecular formula is C23H34N4O3S. The van der Waals surface area contributed by atoms with Crippen LogP contribution in [0.2, 0.25) is 0 Å². The molecule has 1 saturated carbocycles. The first-order chi connectivity index (χ1) is 15.0. The van der Waals surface area contributed by atoms with E-state index in [0.717, 1.165) is 38.9 Å². The zero-order chi connectivity index (χ0) is 22.0. The van der Waals surface area contributed by atoms with Crippen LogP contribution in [0, 0.1) is 11.8 Å². The van der Waals surface area contributed by atoms with Gasteiger partial charge in [0.25, 0.3) is 5.91 Å². The van der Waals surface area contributed by atoms with Crippen LogP contribution >= 0.6 is 11.3 Å². The standard InChI is InChI=1S/C23H34N4O3S/c1-16(2)14-26(23(30)20-5-3-12-31-20)18-13-19(27(15-18)21(28)17-6-7-17)22(29)25-10-4-8-24-9-11-25/h3,5,12,16-19,24H,4,6-11,13-15H2,1-2H3. The van der Waals surface area contributed by atoms with Crippen molar-refractivity contribution in [3.05, 3.63) is 22.4 Å². The Hall–Kier alpha value is -1.93. The van der Waals surface area contributed by atoms with Gasteiger partial charge >= 0.3 is 0 Å². The van der Waals surface area contributed by atoms with Crippen LogP contribution < -0.4 is 5.32 Å². The van der Waals surface area contributed by atoms with Crippen LogP contribution in [-0.2, 0) is 9.59 Å². The second-order valence-corrected chi connectivity index (χ2v) is 10.4. The Morgan fingerprint density at radius 1 is 1.19 bits per heavy atom. The van der Waals surface area contributed by atoms with Crippen LogP contribution in [-0.4, -0.2) is 83.8 Å². The minimum absolute atomic E-state index is 0.0135. The maximum Gasteiger partial charge on any atom is 0.264 e. The second-order valence-electron chi connectivity index (χ2n) is 9.43. The Morgan fingerprint density at radius 2 is 2.00 bits per heavy atom. The fourth-order valence-electron chi connectivity index (χ4n) is 4.69. The molecule has 0 radical (unpaired) electrons. The average molecular weight is 447 g/mol. The number of rotatable bonds is 6. The van der Waals surface area contributed by atoms with Gasteiger partial charge in [-0.1, -0.05) is 19.9 Å². The van der Waals surface area contributed by atoms with E-state index in [-0.39, 0.29) is 29.7 Å². The lowest BCUT2D eigenvalue weighted by molar-refractivity contribution is -0.144. The van der Waals surface area contributed by atoms with Crippen molar-refractivity contribution < 1.29 is 14.4 Å². The summed E-state index contributed by atoms with van der Waals surface area (Å²) in [5, 5.41) is 5.25. The molecule has 1 aliphatic carbocycles. The molecule has 1 aromatic rings. The predicted molar refractivity (Wildman–Crippen MR) is 121 cm³/mol. The third-order valence-corrected chi connectivity index (χ3v) is 7.28. The molecule has 2 unspecified atom stereocenters. The molecule has 1 aromatic heterocycles. The molecule has 1 N–H and O–H groups in total. The first-order valence-electron chi connectivity index (χ1n) is 11.6. The zero-order valence-electron chi connectivity index (χ0n) is 18.6. The van der Waals surface area contributed by atoms with E-state index < -0.39 is 6.04 Å². The van der Waals surface area contributed by atoms with Gasteiger partial charge in [-0.05, 0) is 49.6 Å². The van der Waals surface area contributed by atoms with Crippen molar-refractivity contribution in [3.63, 3.8) is 0 Å². The van der Waals surface area contributed by atoms with Gasteiger partial charge in [0.15, 0.2) is 0 Å². The van der Waals surface area contributed by atoms with Crippen molar-refractivity contribution >= 4 is 29.1 Å². The number of hydrogen-bond donors (Lipinski definition) is 1. The molecule has 0 spiro atoms. The fourth-order valence-corrected chi connectivity index (χ4v) is 5.37. The Morgan fingerprint density at radius 3 is 2.68 bits per heavy atom. The van der Waals surface area contributed by atoms with Crippen LogP contribution in [0.1, 0.15) is 49.2 Å². The Bertz CT molecular complexity index is 785. The normalized spacial score (nSPS) is 24.4. The summed E-state index contributed by atoms with van der Waals surface area (Å²) in [6.07, 6.45) is 3.29. The van der Waals surface area contributed by atoms with Gasteiger partial charge in [0, 0.05) is 38.6 Å². The van der Waals surface area contributed by atoms with E-state index in [0.29, 0.717) is 36.9 Å². The van der Waals surface area contributed by atoms with Gasteiger partial charge < -0.3 is 20.0 Å². The van der Waals surface area contributed by atoms with Crippen molar-refractivity contribution in [1.29, 1.82) is 0 Å². The van der Waals surface area contributed by atoms with Gasteiger partial charge in [0.05, 0.1) is 10.9 Å². The molecule has 2 aliphatic heterocycles. The summed E-state index contributed by atoms with van der Waals surface area (Å²) in [5.41, 5.74) is 0. The highest BCUT2D eigenvalue weighted by Crippen LogP contribution is 2.35. The van der Waals surface area contributed by atoms with Crippen molar-refractivity contribution in [2.75, 3.05) is 39.3 Å². The van der Waals surface area contributed by atoms with Crippen LogP contribution in [0.5, 0.6) is 0 Å². The molecule has 0 bridgehead atoms. The lowest BCUT2D eigenvalue weighted by Gasteiger charge is -2.30. The van der Waals surface area contributed by atoms with Crippen molar-refractivity contribution in [1.82, 2.24) is 20.0 Å². The second kappa shape index (κ2) is 9.69. The van der Waals surface area contributed by atoms with Crippen molar-refractivity contribution in [2.45, 2.75) is 51.6 Å². The minimum atomic E-state index is -0.456. The molecule has 4 rings (SSSR count). The number of thiophene rings is 1. The monoisotopic (exact) mass is 446 g/mol. The molecule has 7 nitrogen and oxygen atoms in total. The Kier molecular flexibility index (Phi) is 6.96. The molecule has 31 heavy (non-hydrogen) atoms. The van der Waals surface area contributed by atoms with E-state index in [1.165, 1.54) is 11.3 Å². The molecular weight excluding hydrogens is 412 g/mol. The van der Waals surface area contributed by atoms with E-state index in [4.69, 9.17) is 0 Å². The highest BCUT2D eigenvalue weighted by atomic mass is 32.1. The van der Waals surface area contributed by atoms with E-state index >= 15 is 0 Å². The molecule has 2 saturated heterocycles. The first kappa shape index (κ1) is 22.3. The molecule has 170 valence electrons.